The van der Waals surface area contributed by atoms with E-state index in [1.165, 1.54) is 30.3 Å². The molecule has 0 bridgehead atoms. The highest BCUT2D eigenvalue weighted by molar-refractivity contribution is 5.62. The van der Waals surface area contributed by atoms with Crippen LogP contribution in [0.25, 0.3) is 0 Å². The second kappa shape index (κ2) is 10.7. The molecular weight excluding hydrogens is 552 g/mol. The second-order valence-corrected chi connectivity index (χ2v) is 10.2. The number of rotatable bonds is 6. The molecule has 0 aromatic heterocycles. The summed E-state index contributed by atoms with van der Waals surface area (Å²) in [5.74, 6) is -5.76. The van der Waals surface area contributed by atoms with Gasteiger partial charge in [0.2, 0.25) is 0 Å². The van der Waals surface area contributed by atoms with Crippen LogP contribution in [0.15, 0.2) is 54.6 Å². The third kappa shape index (κ3) is 5.04. The predicted octanol–water partition coefficient (Wildman–Crippen LogP) is 2.81. The number of ether oxygens (including phenoxy) is 1. The van der Waals surface area contributed by atoms with Crippen LogP contribution in [0, 0.1) is 0 Å². The Hall–Kier alpha value is -5.20. The van der Waals surface area contributed by atoms with Crippen molar-refractivity contribution in [1.82, 2.24) is 0 Å². The van der Waals surface area contributed by atoms with E-state index in [9.17, 15) is 56.2 Å². The number of aliphatic hydroxyl groups is 2. The molecule has 2 unspecified atom stereocenters. The molecule has 0 saturated carbocycles. The van der Waals surface area contributed by atoms with Crippen molar-refractivity contribution in [2.24, 2.45) is 0 Å². The summed E-state index contributed by atoms with van der Waals surface area (Å²) in [4.78, 5) is 0. The smallest absolute Gasteiger partial charge is 0.157 e. The highest BCUT2D eigenvalue weighted by atomic mass is 16.5. The van der Waals surface area contributed by atoms with Gasteiger partial charge in [0.1, 0.15) is 40.6 Å². The van der Waals surface area contributed by atoms with Crippen molar-refractivity contribution in [3.05, 3.63) is 82.4 Å². The first-order valence-corrected chi connectivity index (χ1v) is 12.7. The van der Waals surface area contributed by atoms with Crippen molar-refractivity contribution in [1.29, 1.82) is 0 Å². The van der Waals surface area contributed by atoms with Crippen molar-refractivity contribution in [3.8, 4) is 57.5 Å². The lowest BCUT2D eigenvalue weighted by Crippen LogP contribution is -2.31. The summed E-state index contributed by atoms with van der Waals surface area (Å²) in [5.41, 5.74) is 0.124. The largest absolute Gasteiger partial charge is 0.508 e. The molecule has 5 rings (SSSR count). The molecule has 0 fully saturated rings. The molecule has 42 heavy (non-hydrogen) atoms. The van der Waals surface area contributed by atoms with Crippen LogP contribution in [0.2, 0.25) is 0 Å². The molecule has 0 spiro atoms. The van der Waals surface area contributed by atoms with Crippen molar-refractivity contribution in [2.45, 2.75) is 37.1 Å². The van der Waals surface area contributed by atoms with Crippen LogP contribution in [-0.4, -0.2) is 68.4 Å². The van der Waals surface area contributed by atoms with E-state index < -0.39 is 76.6 Å². The zero-order valence-corrected chi connectivity index (χ0v) is 21.7. The van der Waals surface area contributed by atoms with Crippen LogP contribution in [0.3, 0.4) is 0 Å². The van der Waals surface area contributed by atoms with E-state index in [-0.39, 0.29) is 40.2 Å². The molecule has 0 radical (unpaired) electrons. The quantitative estimate of drug-likeness (QED) is 0.148. The number of hydrogen-bond acceptors (Lipinski definition) is 12. The van der Waals surface area contributed by atoms with Gasteiger partial charge in [0.25, 0.3) is 0 Å². The van der Waals surface area contributed by atoms with E-state index in [1.807, 2.05) is 0 Å². The summed E-state index contributed by atoms with van der Waals surface area (Å²) >= 11 is 0. The van der Waals surface area contributed by atoms with Gasteiger partial charge >= 0.3 is 0 Å². The summed E-state index contributed by atoms with van der Waals surface area (Å²) < 4.78 is 5.87. The fourth-order valence-corrected chi connectivity index (χ4v) is 5.32. The molecule has 4 aromatic carbocycles. The van der Waals surface area contributed by atoms with E-state index in [0.29, 0.717) is 5.56 Å². The Bertz CT molecular complexity index is 1640. The fourth-order valence-electron chi connectivity index (χ4n) is 5.32. The molecule has 12 heteroatoms. The van der Waals surface area contributed by atoms with E-state index in [0.717, 1.165) is 24.3 Å². The van der Waals surface area contributed by atoms with E-state index >= 15 is 0 Å². The first-order valence-electron chi connectivity index (χ1n) is 12.7. The monoisotopic (exact) mass is 580 g/mol. The Balaban J connectivity index is 1.60. The van der Waals surface area contributed by atoms with E-state index in [4.69, 9.17) is 4.74 Å². The molecule has 0 aliphatic carbocycles. The average Bonchev–Trinajstić information content (AvgIpc) is 2.92. The van der Waals surface area contributed by atoms with E-state index in [1.54, 1.807) is 0 Å². The SMILES string of the molecule is Oc1cc(O)c(CC(O)C(c2ccc(O)c(O)c2)c2c(O)cc3c(c2O)C[C@H](O)[C@@H](c2ccc(O)c(O)c2)O3)c(O)c1. The number of phenols is 9. The van der Waals surface area contributed by atoms with Gasteiger partial charge in [-0.2, -0.15) is 0 Å². The molecule has 1 aliphatic heterocycles. The standard InChI is InChI=1S/C30H28O12/c31-14-7-19(34)15(20(35)8-14)9-23(38)27(12-1-3-17(32)21(36)5-12)28-24(39)11-26-16(29(28)41)10-25(40)30(42-26)13-2-4-18(33)22(37)6-13/h1-8,11,23,25,27,30-41H,9-10H2/t23?,25-,27?,30+/m0/s1. The van der Waals surface area contributed by atoms with Gasteiger partial charge in [0.15, 0.2) is 23.0 Å². The highest BCUT2D eigenvalue weighted by Crippen LogP contribution is 2.50. The topological polar surface area (TPSA) is 232 Å². The van der Waals surface area contributed by atoms with Crippen LogP contribution in [-0.2, 0) is 12.8 Å². The van der Waals surface area contributed by atoms with Gasteiger partial charge in [0.05, 0.1) is 12.2 Å². The average molecular weight is 581 g/mol. The lowest BCUT2D eigenvalue weighted by molar-refractivity contribution is 0.0195. The van der Waals surface area contributed by atoms with Gasteiger partial charge in [-0.05, 0) is 35.4 Å². The minimum absolute atomic E-state index is 0.00719. The fraction of sp³-hybridized carbons (Fsp3) is 0.200. The number of hydrogen-bond donors (Lipinski definition) is 11. The summed E-state index contributed by atoms with van der Waals surface area (Å²) in [5, 5.41) is 115. The van der Waals surface area contributed by atoms with E-state index in [2.05, 4.69) is 0 Å². The minimum atomic E-state index is -1.59. The Kier molecular flexibility index (Phi) is 7.19. The third-order valence-corrected chi connectivity index (χ3v) is 7.38. The summed E-state index contributed by atoms with van der Waals surface area (Å²) in [7, 11) is 0. The first kappa shape index (κ1) is 28.3. The third-order valence-electron chi connectivity index (χ3n) is 7.38. The zero-order chi connectivity index (χ0) is 30.5. The lowest BCUT2D eigenvalue weighted by atomic mass is 9.80. The second-order valence-electron chi connectivity index (χ2n) is 10.2. The number of fused-ring (bicyclic) bond motifs is 1. The van der Waals surface area contributed by atoms with Crippen LogP contribution in [0.5, 0.6) is 57.5 Å². The van der Waals surface area contributed by atoms with Crippen molar-refractivity contribution < 1.29 is 60.9 Å². The molecule has 12 nitrogen and oxygen atoms in total. The molecular formula is C30H28O12. The van der Waals surface area contributed by atoms with Crippen LogP contribution in [0.1, 0.15) is 39.8 Å². The lowest BCUT2D eigenvalue weighted by Gasteiger charge is -2.33. The molecule has 220 valence electrons. The molecule has 4 atom stereocenters. The maximum Gasteiger partial charge on any atom is 0.157 e. The molecule has 4 aromatic rings. The molecule has 0 amide bonds. The van der Waals surface area contributed by atoms with Gasteiger partial charge in [-0.3, -0.25) is 0 Å². The van der Waals surface area contributed by atoms with Gasteiger partial charge in [-0.15, -0.1) is 0 Å². The molecule has 0 saturated heterocycles. The van der Waals surface area contributed by atoms with Gasteiger partial charge in [-0.25, -0.2) is 0 Å². The summed E-state index contributed by atoms with van der Waals surface area (Å²) in [6.07, 6.45) is -4.52. The first-order chi connectivity index (χ1) is 19.8. The molecule has 1 heterocycles. The van der Waals surface area contributed by atoms with Crippen LogP contribution < -0.4 is 4.74 Å². The highest BCUT2D eigenvalue weighted by Gasteiger charge is 2.37. The van der Waals surface area contributed by atoms with Crippen LogP contribution in [0.4, 0.5) is 0 Å². The summed E-state index contributed by atoms with van der Waals surface area (Å²) in [6.45, 7) is 0. The van der Waals surface area contributed by atoms with Gasteiger partial charge in [-0.1, -0.05) is 12.1 Å². The molecule has 11 N–H and O–H groups in total. The zero-order valence-electron chi connectivity index (χ0n) is 21.7. The minimum Gasteiger partial charge on any atom is -0.508 e. The molecule has 1 aliphatic rings. The maximum absolute atomic E-state index is 11.4. The van der Waals surface area contributed by atoms with Gasteiger partial charge < -0.3 is 60.9 Å². The Labute approximate surface area is 238 Å². The number of aromatic hydroxyl groups is 9. The van der Waals surface area contributed by atoms with Crippen molar-refractivity contribution in [2.75, 3.05) is 0 Å². The number of benzene rings is 4. The Morgan fingerprint density at radius 3 is 1.93 bits per heavy atom. The summed E-state index contributed by atoms with van der Waals surface area (Å²) in [6, 6.07) is 10.5. The Morgan fingerprint density at radius 1 is 0.690 bits per heavy atom. The number of aliphatic hydroxyl groups excluding tert-OH is 2. The van der Waals surface area contributed by atoms with Crippen molar-refractivity contribution in [3.63, 3.8) is 0 Å². The normalized spacial score (nSPS) is 17.7. The predicted molar refractivity (Wildman–Crippen MR) is 145 cm³/mol. The van der Waals surface area contributed by atoms with Crippen LogP contribution >= 0.6 is 0 Å². The van der Waals surface area contributed by atoms with Gasteiger partial charge in [0, 0.05) is 53.6 Å². The Morgan fingerprint density at radius 2 is 1.31 bits per heavy atom. The van der Waals surface area contributed by atoms with Crippen molar-refractivity contribution >= 4 is 0 Å². The maximum atomic E-state index is 11.4. The number of phenolic OH excluding ortho intramolecular Hbond substituents is 9.